The quantitative estimate of drug-likeness (QED) is 0.634. The highest BCUT2D eigenvalue weighted by Gasteiger charge is 2.33. The van der Waals surface area contributed by atoms with Crippen molar-refractivity contribution in [2.24, 2.45) is 0 Å². The molecule has 0 radical (unpaired) electrons. The summed E-state index contributed by atoms with van der Waals surface area (Å²) in [5, 5.41) is 1.47. The molecule has 1 aromatic carbocycles. The van der Waals surface area contributed by atoms with Crippen molar-refractivity contribution in [3.8, 4) is 0 Å². The first-order valence-corrected chi connectivity index (χ1v) is 9.83. The number of aryl methyl sites for hydroxylation is 2. The van der Waals surface area contributed by atoms with Gasteiger partial charge in [-0.3, -0.25) is 4.98 Å². The van der Waals surface area contributed by atoms with Crippen molar-refractivity contribution in [1.29, 1.82) is 0 Å². The normalized spacial score (nSPS) is 23.0. The van der Waals surface area contributed by atoms with Crippen molar-refractivity contribution < 1.29 is 0 Å². The van der Waals surface area contributed by atoms with Gasteiger partial charge in [0.25, 0.3) is 0 Å². The van der Waals surface area contributed by atoms with Gasteiger partial charge in [-0.2, -0.15) is 0 Å². The monoisotopic (exact) mass is 345 g/mol. The fraction of sp³-hybridized carbons (Fsp3) is 0.435. The summed E-state index contributed by atoms with van der Waals surface area (Å²) in [4.78, 5) is 7.07. The Hall–Kier alpha value is -2.13. The fourth-order valence-electron chi connectivity index (χ4n) is 5.12. The van der Waals surface area contributed by atoms with Crippen LogP contribution in [0.3, 0.4) is 0 Å². The Bertz CT molecular complexity index is 967. The molecular formula is C23H27N3. The van der Waals surface area contributed by atoms with Crippen molar-refractivity contribution in [3.63, 3.8) is 0 Å². The Morgan fingerprint density at radius 2 is 1.85 bits per heavy atom. The van der Waals surface area contributed by atoms with E-state index in [2.05, 4.69) is 71.9 Å². The lowest BCUT2D eigenvalue weighted by molar-refractivity contribution is 0.272. The molecule has 2 aliphatic rings. The van der Waals surface area contributed by atoms with Crippen LogP contribution < -0.4 is 0 Å². The first-order chi connectivity index (χ1) is 12.6. The second kappa shape index (κ2) is 5.95. The van der Waals surface area contributed by atoms with Gasteiger partial charge in [0.05, 0.1) is 0 Å². The summed E-state index contributed by atoms with van der Waals surface area (Å²) in [6.07, 6.45) is 4.62. The van der Waals surface area contributed by atoms with E-state index in [-0.39, 0.29) is 0 Å². The molecule has 0 saturated carbocycles. The first kappa shape index (κ1) is 16.1. The highest BCUT2D eigenvalue weighted by atomic mass is 15.1. The Kier molecular flexibility index (Phi) is 3.68. The highest BCUT2D eigenvalue weighted by molar-refractivity contribution is 5.87. The summed E-state index contributed by atoms with van der Waals surface area (Å²) in [6, 6.07) is 11.5. The molecule has 0 N–H and O–H groups in total. The average Bonchev–Trinajstić information content (AvgIpc) is 2.79. The van der Waals surface area contributed by atoms with Crippen molar-refractivity contribution in [2.75, 3.05) is 13.6 Å². The largest absolute Gasteiger partial charge is 0.343 e. The van der Waals surface area contributed by atoms with E-state index in [1.54, 1.807) is 11.3 Å². The van der Waals surface area contributed by atoms with Crippen LogP contribution in [-0.4, -0.2) is 28.0 Å². The first-order valence-electron chi connectivity index (χ1n) is 9.83. The van der Waals surface area contributed by atoms with Crippen molar-refractivity contribution in [2.45, 2.75) is 51.6 Å². The smallest absolute Gasteiger partial charge is 0.0486 e. The van der Waals surface area contributed by atoms with Gasteiger partial charge in [0.1, 0.15) is 0 Å². The van der Waals surface area contributed by atoms with Gasteiger partial charge in [0, 0.05) is 60.0 Å². The zero-order valence-corrected chi connectivity index (χ0v) is 16.0. The van der Waals surface area contributed by atoms with Gasteiger partial charge < -0.3 is 9.47 Å². The molecule has 0 aliphatic carbocycles. The number of pyridine rings is 1. The summed E-state index contributed by atoms with van der Waals surface area (Å²) < 4.78 is 2.65. The molecule has 2 atom stereocenters. The molecule has 0 spiro atoms. The second-order valence-electron chi connectivity index (χ2n) is 8.40. The number of aromatic nitrogens is 2. The van der Waals surface area contributed by atoms with E-state index in [1.807, 2.05) is 0 Å². The Labute approximate surface area is 155 Å². The van der Waals surface area contributed by atoms with Gasteiger partial charge in [-0.05, 0) is 63.1 Å². The Morgan fingerprint density at radius 3 is 2.65 bits per heavy atom. The van der Waals surface area contributed by atoms with Crippen LogP contribution in [0, 0.1) is 13.8 Å². The van der Waals surface area contributed by atoms with Crippen LogP contribution in [0.1, 0.15) is 52.8 Å². The second-order valence-corrected chi connectivity index (χ2v) is 8.40. The van der Waals surface area contributed by atoms with Crippen molar-refractivity contribution in [1.82, 2.24) is 14.5 Å². The minimum atomic E-state index is 0.556. The topological polar surface area (TPSA) is 21.1 Å². The van der Waals surface area contributed by atoms with Gasteiger partial charge in [0.15, 0.2) is 0 Å². The van der Waals surface area contributed by atoms with Gasteiger partial charge in [-0.25, -0.2) is 0 Å². The van der Waals surface area contributed by atoms with Crippen LogP contribution >= 0.6 is 0 Å². The SMILES string of the molecule is Cc1ccc2c(c1)c1c3n2CC(c2ccc(C)nc2)CCC3CN(C)C1. The van der Waals surface area contributed by atoms with E-state index in [0.717, 1.165) is 18.8 Å². The van der Waals surface area contributed by atoms with Crippen molar-refractivity contribution >= 4 is 10.9 Å². The molecule has 3 aromatic rings. The van der Waals surface area contributed by atoms with E-state index >= 15 is 0 Å². The van der Waals surface area contributed by atoms with Gasteiger partial charge in [-0.1, -0.05) is 17.7 Å². The molecule has 5 rings (SSSR count). The molecule has 3 nitrogen and oxygen atoms in total. The summed E-state index contributed by atoms with van der Waals surface area (Å²) in [6.45, 7) is 7.62. The Morgan fingerprint density at radius 1 is 1.00 bits per heavy atom. The van der Waals surface area contributed by atoms with Gasteiger partial charge in [-0.15, -0.1) is 0 Å². The summed E-state index contributed by atoms with van der Waals surface area (Å²) >= 11 is 0. The predicted octanol–water partition coefficient (Wildman–Crippen LogP) is 4.76. The number of fused-ring (bicyclic) bond motifs is 3. The molecule has 2 unspecified atom stereocenters. The van der Waals surface area contributed by atoms with Gasteiger partial charge in [0.2, 0.25) is 0 Å². The highest BCUT2D eigenvalue weighted by Crippen LogP contribution is 2.43. The number of hydrogen-bond donors (Lipinski definition) is 0. The lowest BCUT2D eigenvalue weighted by atomic mass is 9.88. The molecule has 3 heteroatoms. The van der Waals surface area contributed by atoms with Crippen LogP contribution in [0.25, 0.3) is 10.9 Å². The molecule has 2 aliphatic heterocycles. The molecule has 2 aromatic heterocycles. The summed E-state index contributed by atoms with van der Waals surface area (Å²) in [5.74, 6) is 1.21. The van der Waals surface area contributed by atoms with Crippen LogP contribution in [0.2, 0.25) is 0 Å². The third-order valence-corrected chi connectivity index (χ3v) is 6.39. The molecule has 26 heavy (non-hydrogen) atoms. The Balaban J connectivity index is 1.67. The molecule has 134 valence electrons. The lowest BCUT2D eigenvalue weighted by Gasteiger charge is -2.30. The number of benzene rings is 1. The third kappa shape index (κ3) is 2.49. The molecule has 0 fully saturated rings. The van der Waals surface area contributed by atoms with E-state index in [4.69, 9.17) is 0 Å². The summed E-state index contributed by atoms with van der Waals surface area (Å²) in [7, 11) is 2.27. The van der Waals surface area contributed by atoms with E-state index < -0.39 is 0 Å². The minimum Gasteiger partial charge on any atom is -0.343 e. The zero-order chi connectivity index (χ0) is 17.8. The third-order valence-electron chi connectivity index (χ3n) is 6.39. The maximum absolute atomic E-state index is 4.57. The molecule has 0 saturated heterocycles. The zero-order valence-electron chi connectivity index (χ0n) is 16.0. The minimum absolute atomic E-state index is 0.556. The maximum atomic E-state index is 4.57. The average molecular weight is 345 g/mol. The van der Waals surface area contributed by atoms with Crippen LogP contribution in [0.4, 0.5) is 0 Å². The lowest BCUT2D eigenvalue weighted by Crippen LogP contribution is -2.30. The number of likely N-dealkylation sites (N-methyl/N-ethyl adjacent to an activating group) is 1. The summed E-state index contributed by atoms with van der Waals surface area (Å²) in [5.41, 5.74) is 8.47. The molecule has 0 amide bonds. The standard InChI is InChI=1S/C23H27N3/c1-15-4-9-22-20(10-15)21-14-25(3)12-19-8-7-18(13-26(22)23(19)21)17-6-5-16(2)24-11-17/h4-6,9-11,18-19H,7-8,12-14H2,1-3H3. The van der Waals surface area contributed by atoms with Gasteiger partial charge >= 0.3 is 0 Å². The van der Waals surface area contributed by atoms with E-state index in [1.165, 1.54) is 41.4 Å². The van der Waals surface area contributed by atoms with E-state index in [9.17, 15) is 0 Å². The number of nitrogens with zero attached hydrogens (tertiary/aromatic N) is 3. The molecular weight excluding hydrogens is 318 g/mol. The van der Waals surface area contributed by atoms with Crippen LogP contribution in [0.5, 0.6) is 0 Å². The number of rotatable bonds is 1. The fourth-order valence-corrected chi connectivity index (χ4v) is 5.12. The predicted molar refractivity (Wildman–Crippen MR) is 107 cm³/mol. The number of hydrogen-bond acceptors (Lipinski definition) is 2. The van der Waals surface area contributed by atoms with Crippen LogP contribution in [-0.2, 0) is 13.1 Å². The maximum Gasteiger partial charge on any atom is 0.0486 e. The molecule has 0 bridgehead atoms. The van der Waals surface area contributed by atoms with E-state index in [0.29, 0.717) is 11.8 Å². The molecule has 4 heterocycles. The van der Waals surface area contributed by atoms with Crippen molar-refractivity contribution in [3.05, 3.63) is 64.6 Å². The van der Waals surface area contributed by atoms with Crippen LogP contribution in [0.15, 0.2) is 36.5 Å².